The Morgan fingerprint density at radius 3 is 1.50 bits per heavy atom. The second-order valence-corrected chi connectivity index (χ2v) is 7.84. The summed E-state index contributed by atoms with van der Waals surface area (Å²) in [6.07, 6.45) is 0. The summed E-state index contributed by atoms with van der Waals surface area (Å²) in [5.74, 6) is 0.0411. The van der Waals surface area contributed by atoms with E-state index in [4.69, 9.17) is 0 Å². The third-order valence-electron chi connectivity index (χ3n) is 3.79. The quantitative estimate of drug-likeness (QED) is 0.299. The molecule has 0 spiro atoms. The Labute approximate surface area is 164 Å². The van der Waals surface area contributed by atoms with Crippen molar-refractivity contribution >= 4 is 69.5 Å². The van der Waals surface area contributed by atoms with Crippen molar-refractivity contribution in [1.82, 2.24) is 0 Å². The predicted molar refractivity (Wildman–Crippen MR) is 106 cm³/mol. The van der Waals surface area contributed by atoms with E-state index in [9.17, 15) is 4.79 Å². The van der Waals surface area contributed by atoms with E-state index < -0.39 is 0 Å². The zero-order valence-corrected chi connectivity index (χ0v) is 18.5. The standard InChI is InChI=1S/C17H14Br4O/c1-9-11(7-18)3-5-13(20)15(9)17(22)16-10(2)12(8-19)4-6-14(16)21/h3-6H,7-8H2,1-2H3. The van der Waals surface area contributed by atoms with E-state index >= 15 is 0 Å². The van der Waals surface area contributed by atoms with Crippen LogP contribution >= 0.6 is 63.7 Å². The maximum absolute atomic E-state index is 13.2. The van der Waals surface area contributed by atoms with E-state index in [1.165, 1.54) is 0 Å². The summed E-state index contributed by atoms with van der Waals surface area (Å²) in [7, 11) is 0. The number of alkyl halides is 2. The highest BCUT2D eigenvalue weighted by Crippen LogP contribution is 2.32. The first kappa shape index (κ1) is 18.4. The maximum Gasteiger partial charge on any atom is 0.195 e. The molecule has 0 aromatic heterocycles. The summed E-state index contributed by atoms with van der Waals surface area (Å²) < 4.78 is 1.66. The molecule has 116 valence electrons. The molecule has 0 amide bonds. The molecule has 0 unspecified atom stereocenters. The van der Waals surface area contributed by atoms with Gasteiger partial charge in [-0.2, -0.15) is 0 Å². The highest BCUT2D eigenvalue weighted by Gasteiger charge is 2.22. The van der Waals surface area contributed by atoms with Gasteiger partial charge in [0.05, 0.1) is 0 Å². The van der Waals surface area contributed by atoms with Crippen molar-refractivity contribution in [1.29, 1.82) is 0 Å². The van der Waals surface area contributed by atoms with Crippen LogP contribution in [0.1, 0.15) is 38.2 Å². The van der Waals surface area contributed by atoms with Gasteiger partial charge in [-0.3, -0.25) is 4.79 Å². The molecule has 0 bridgehead atoms. The fraction of sp³-hybridized carbons (Fsp3) is 0.235. The molecule has 0 saturated carbocycles. The maximum atomic E-state index is 13.2. The van der Waals surface area contributed by atoms with Crippen molar-refractivity contribution in [2.24, 2.45) is 0 Å². The van der Waals surface area contributed by atoms with Crippen molar-refractivity contribution in [2.75, 3.05) is 0 Å². The number of hydrogen-bond acceptors (Lipinski definition) is 1. The van der Waals surface area contributed by atoms with Gasteiger partial charge >= 0.3 is 0 Å². The molecule has 0 aliphatic heterocycles. The van der Waals surface area contributed by atoms with Gasteiger partial charge in [0.15, 0.2) is 5.78 Å². The van der Waals surface area contributed by atoms with E-state index in [1.54, 1.807) is 0 Å². The molecule has 0 aliphatic carbocycles. The number of carbonyl (C=O) groups excluding carboxylic acids is 1. The minimum Gasteiger partial charge on any atom is -0.289 e. The first-order valence-electron chi connectivity index (χ1n) is 6.65. The number of hydrogen-bond donors (Lipinski definition) is 0. The topological polar surface area (TPSA) is 17.1 Å². The number of benzene rings is 2. The Kier molecular flexibility index (Phi) is 6.46. The molecule has 0 saturated heterocycles. The summed E-state index contributed by atoms with van der Waals surface area (Å²) in [6.45, 7) is 3.98. The number of carbonyl (C=O) groups is 1. The summed E-state index contributed by atoms with van der Waals surface area (Å²) >= 11 is 14.0. The van der Waals surface area contributed by atoms with E-state index in [-0.39, 0.29) is 5.78 Å². The molecular weight excluding hydrogens is 540 g/mol. The van der Waals surface area contributed by atoms with Crippen LogP contribution in [0.2, 0.25) is 0 Å². The number of halogens is 4. The molecule has 0 radical (unpaired) electrons. The van der Waals surface area contributed by atoms with Crippen molar-refractivity contribution in [3.63, 3.8) is 0 Å². The molecular formula is C17H14Br4O. The van der Waals surface area contributed by atoms with Gasteiger partial charge in [-0.05, 0) is 48.2 Å². The Hall–Kier alpha value is 0.0300. The third kappa shape index (κ3) is 3.42. The van der Waals surface area contributed by atoms with E-state index in [0.717, 1.165) is 53.0 Å². The van der Waals surface area contributed by atoms with Gasteiger partial charge in [-0.25, -0.2) is 0 Å². The smallest absolute Gasteiger partial charge is 0.195 e. The Morgan fingerprint density at radius 2 is 1.18 bits per heavy atom. The highest BCUT2D eigenvalue weighted by molar-refractivity contribution is 9.11. The van der Waals surface area contributed by atoms with Crippen LogP contribution < -0.4 is 0 Å². The van der Waals surface area contributed by atoms with E-state index in [2.05, 4.69) is 63.7 Å². The summed E-state index contributed by atoms with van der Waals surface area (Å²) in [5.41, 5.74) is 5.72. The largest absolute Gasteiger partial charge is 0.289 e. The molecule has 5 heteroatoms. The van der Waals surface area contributed by atoms with Crippen LogP contribution in [0, 0.1) is 13.8 Å². The first-order chi connectivity index (χ1) is 10.4. The Balaban J connectivity index is 2.69. The van der Waals surface area contributed by atoms with Crippen LogP contribution in [-0.2, 0) is 10.7 Å². The van der Waals surface area contributed by atoms with Crippen LogP contribution in [0.5, 0.6) is 0 Å². The fourth-order valence-electron chi connectivity index (χ4n) is 2.42. The fourth-order valence-corrected chi connectivity index (χ4v) is 4.85. The number of rotatable bonds is 4. The minimum absolute atomic E-state index is 0.0411. The zero-order chi connectivity index (χ0) is 16.4. The lowest BCUT2D eigenvalue weighted by atomic mass is 9.92. The van der Waals surface area contributed by atoms with Gasteiger partial charge in [-0.15, -0.1) is 0 Å². The van der Waals surface area contributed by atoms with Crippen molar-refractivity contribution in [3.8, 4) is 0 Å². The van der Waals surface area contributed by atoms with Gasteiger partial charge in [0.25, 0.3) is 0 Å². The lowest BCUT2D eigenvalue weighted by Gasteiger charge is -2.15. The highest BCUT2D eigenvalue weighted by atomic mass is 79.9. The average molecular weight is 554 g/mol. The van der Waals surface area contributed by atoms with Gasteiger partial charge in [-0.1, -0.05) is 75.9 Å². The molecule has 22 heavy (non-hydrogen) atoms. The lowest BCUT2D eigenvalue weighted by molar-refractivity contribution is 0.103. The summed E-state index contributed by atoms with van der Waals surface area (Å²) in [5, 5.41) is 1.46. The molecule has 0 atom stereocenters. The summed E-state index contributed by atoms with van der Waals surface area (Å²) in [6, 6.07) is 7.94. The predicted octanol–water partition coefficient (Wildman–Crippen LogP) is 6.85. The molecule has 1 nitrogen and oxygen atoms in total. The SMILES string of the molecule is Cc1c(CBr)ccc(Br)c1C(=O)c1c(Br)ccc(CBr)c1C. The Bertz CT molecular complexity index is 676. The number of ketones is 1. The first-order valence-corrected chi connectivity index (χ1v) is 10.5. The molecule has 0 fully saturated rings. The van der Waals surface area contributed by atoms with Crippen molar-refractivity contribution < 1.29 is 4.79 Å². The van der Waals surface area contributed by atoms with Gasteiger partial charge in [0.1, 0.15) is 0 Å². The minimum atomic E-state index is 0.0411. The Morgan fingerprint density at radius 1 is 0.818 bits per heavy atom. The van der Waals surface area contributed by atoms with Crippen LogP contribution in [0.15, 0.2) is 33.2 Å². The lowest BCUT2D eigenvalue weighted by Crippen LogP contribution is -2.10. The molecule has 2 aromatic carbocycles. The molecule has 0 N–H and O–H groups in total. The second-order valence-electron chi connectivity index (χ2n) is 5.01. The van der Waals surface area contributed by atoms with Crippen molar-refractivity contribution in [3.05, 3.63) is 66.6 Å². The van der Waals surface area contributed by atoms with Crippen LogP contribution in [0.3, 0.4) is 0 Å². The summed E-state index contributed by atoms with van der Waals surface area (Å²) in [4.78, 5) is 13.2. The van der Waals surface area contributed by atoms with E-state index in [0.29, 0.717) is 0 Å². The van der Waals surface area contributed by atoms with Gasteiger partial charge in [0, 0.05) is 30.7 Å². The van der Waals surface area contributed by atoms with Crippen LogP contribution in [0.4, 0.5) is 0 Å². The molecule has 2 rings (SSSR count). The molecule has 0 heterocycles. The third-order valence-corrected chi connectivity index (χ3v) is 6.32. The average Bonchev–Trinajstić information content (AvgIpc) is 2.48. The zero-order valence-electron chi connectivity index (χ0n) is 12.1. The van der Waals surface area contributed by atoms with Crippen molar-refractivity contribution in [2.45, 2.75) is 24.5 Å². The van der Waals surface area contributed by atoms with Crippen LogP contribution in [-0.4, -0.2) is 5.78 Å². The normalized spacial score (nSPS) is 10.8. The van der Waals surface area contributed by atoms with Crippen LogP contribution in [0.25, 0.3) is 0 Å². The van der Waals surface area contributed by atoms with Gasteiger partial charge < -0.3 is 0 Å². The van der Waals surface area contributed by atoms with E-state index in [1.807, 2.05) is 38.1 Å². The molecule has 2 aromatic rings. The van der Waals surface area contributed by atoms with Gasteiger partial charge in [0.2, 0.25) is 0 Å². The second kappa shape index (κ2) is 7.73. The monoisotopic (exact) mass is 550 g/mol. The molecule has 0 aliphatic rings.